The summed E-state index contributed by atoms with van der Waals surface area (Å²) in [4.78, 5) is 12.8. The van der Waals surface area contributed by atoms with Gasteiger partial charge in [0, 0.05) is 11.7 Å². The van der Waals surface area contributed by atoms with Crippen molar-refractivity contribution >= 4 is 26.0 Å². The number of aromatic nitrogens is 1. The maximum atomic E-state index is 12.8. The molecule has 3 rings (SSSR count). The number of fused-ring (bicyclic) bond motifs is 1. The van der Waals surface area contributed by atoms with E-state index in [2.05, 4.69) is 27.6 Å². The Hall–Kier alpha value is -0.700. The Morgan fingerprint density at radius 1 is 1.22 bits per heavy atom. The number of sulfonamides is 1. The molecule has 8 heteroatoms. The van der Waals surface area contributed by atoms with E-state index in [4.69, 9.17) is 4.74 Å². The van der Waals surface area contributed by atoms with Gasteiger partial charge in [-0.2, -0.15) is 0 Å². The SMILES string of the molecule is CCC1CCC(OCC2C(NS(C)(=O)=O)CCc3ccc(Br)c(=O)n32)CC1. The average molecular weight is 461 g/mol. The van der Waals surface area contributed by atoms with E-state index in [9.17, 15) is 13.2 Å². The fourth-order valence-electron chi connectivity index (χ4n) is 4.35. The van der Waals surface area contributed by atoms with Crippen LogP contribution in [0.5, 0.6) is 0 Å². The van der Waals surface area contributed by atoms with E-state index in [1.54, 1.807) is 10.6 Å². The lowest BCUT2D eigenvalue weighted by molar-refractivity contribution is -0.00694. The lowest BCUT2D eigenvalue weighted by Crippen LogP contribution is -2.49. The molecule has 2 heterocycles. The predicted octanol–water partition coefficient (Wildman–Crippen LogP) is 3.00. The minimum absolute atomic E-state index is 0.129. The molecule has 1 saturated carbocycles. The molecule has 1 N–H and O–H groups in total. The average Bonchev–Trinajstić information content (AvgIpc) is 2.63. The summed E-state index contributed by atoms with van der Waals surface area (Å²) in [5, 5.41) is 0. The Morgan fingerprint density at radius 3 is 2.56 bits per heavy atom. The van der Waals surface area contributed by atoms with Crippen molar-refractivity contribution in [2.45, 2.75) is 70.1 Å². The van der Waals surface area contributed by atoms with Gasteiger partial charge in [0.2, 0.25) is 10.0 Å². The number of aryl methyl sites for hydroxylation is 1. The van der Waals surface area contributed by atoms with Gasteiger partial charge in [-0.05, 0) is 72.5 Å². The third-order valence-corrected chi connectivity index (χ3v) is 7.24. The molecular weight excluding hydrogens is 432 g/mol. The van der Waals surface area contributed by atoms with Gasteiger partial charge >= 0.3 is 0 Å². The lowest BCUT2D eigenvalue weighted by atomic mass is 9.86. The van der Waals surface area contributed by atoms with Gasteiger partial charge in [-0.1, -0.05) is 13.3 Å². The quantitative estimate of drug-likeness (QED) is 0.707. The van der Waals surface area contributed by atoms with Gasteiger partial charge in [-0.25, -0.2) is 13.1 Å². The van der Waals surface area contributed by atoms with Crippen LogP contribution in [0.15, 0.2) is 21.4 Å². The van der Waals surface area contributed by atoms with Crippen molar-refractivity contribution in [1.29, 1.82) is 0 Å². The molecule has 0 saturated heterocycles. The lowest BCUT2D eigenvalue weighted by Gasteiger charge is -2.37. The van der Waals surface area contributed by atoms with Crippen molar-refractivity contribution in [2.24, 2.45) is 5.92 Å². The zero-order chi connectivity index (χ0) is 19.6. The van der Waals surface area contributed by atoms with Crippen LogP contribution >= 0.6 is 15.9 Å². The highest BCUT2D eigenvalue weighted by molar-refractivity contribution is 9.10. The Kier molecular flexibility index (Phi) is 6.82. The summed E-state index contributed by atoms with van der Waals surface area (Å²) >= 11 is 3.31. The van der Waals surface area contributed by atoms with Crippen LogP contribution in [-0.4, -0.2) is 38.0 Å². The van der Waals surface area contributed by atoms with Crippen LogP contribution in [0.3, 0.4) is 0 Å². The van der Waals surface area contributed by atoms with E-state index in [0.29, 0.717) is 23.9 Å². The molecule has 2 atom stereocenters. The second-order valence-corrected chi connectivity index (χ2v) is 10.5. The summed E-state index contributed by atoms with van der Waals surface area (Å²) in [5.74, 6) is 0.790. The molecule has 2 aliphatic rings. The first kappa shape index (κ1) is 21.0. The van der Waals surface area contributed by atoms with Crippen LogP contribution in [0.2, 0.25) is 0 Å². The molecule has 1 aliphatic carbocycles. The van der Waals surface area contributed by atoms with Gasteiger partial charge in [-0.15, -0.1) is 0 Å². The van der Waals surface area contributed by atoms with Crippen molar-refractivity contribution in [3.8, 4) is 0 Å². The monoisotopic (exact) mass is 460 g/mol. The summed E-state index contributed by atoms with van der Waals surface area (Å²) in [5.41, 5.74) is 0.800. The summed E-state index contributed by atoms with van der Waals surface area (Å²) in [6.07, 6.45) is 8.32. The number of hydrogen-bond donors (Lipinski definition) is 1. The van der Waals surface area contributed by atoms with Gasteiger partial charge in [0.15, 0.2) is 0 Å². The molecule has 27 heavy (non-hydrogen) atoms. The zero-order valence-electron chi connectivity index (χ0n) is 16.0. The number of nitrogens with zero attached hydrogens (tertiary/aromatic N) is 1. The van der Waals surface area contributed by atoms with E-state index in [1.807, 2.05) is 6.07 Å². The number of rotatable bonds is 6. The molecule has 0 spiro atoms. The number of ether oxygens (including phenoxy) is 1. The molecule has 2 unspecified atom stereocenters. The Morgan fingerprint density at radius 2 is 1.93 bits per heavy atom. The van der Waals surface area contributed by atoms with Crippen molar-refractivity contribution in [2.75, 3.05) is 12.9 Å². The molecule has 1 aliphatic heterocycles. The molecular formula is C19H29BrN2O4S. The largest absolute Gasteiger partial charge is 0.376 e. The summed E-state index contributed by atoms with van der Waals surface area (Å²) in [6.45, 7) is 2.58. The third kappa shape index (κ3) is 5.22. The number of halogens is 1. The number of hydrogen-bond acceptors (Lipinski definition) is 4. The highest BCUT2D eigenvalue weighted by atomic mass is 79.9. The van der Waals surface area contributed by atoms with Crippen LogP contribution in [0.4, 0.5) is 0 Å². The molecule has 1 fully saturated rings. The number of nitrogens with one attached hydrogen (secondary N) is 1. The van der Waals surface area contributed by atoms with Gasteiger partial charge in [-0.3, -0.25) is 4.79 Å². The standard InChI is InChI=1S/C19H29BrN2O4S/c1-3-13-4-8-15(9-5-13)26-12-18-17(21-27(2,24)25)11-7-14-6-10-16(20)19(23)22(14)18/h6,10,13,15,17-18,21H,3-5,7-9,11-12H2,1-2H3. The molecule has 6 nitrogen and oxygen atoms in total. The molecule has 0 radical (unpaired) electrons. The Labute approximate surface area is 169 Å². The minimum atomic E-state index is -3.37. The topological polar surface area (TPSA) is 77.4 Å². The van der Waals surface area contributed by atoms with Crippen molar-refractivity contribution in [3.05, 3.63) is 32.7 Å². The van der Waals surface area contributed by atoms with Crippen LogP contribution in [0.25, 0.3) is 0 Å². The predicted molar refractivity (Wildman–Crippen MR) is 110 cm³/mol. The molecule has 152 valence electrons. The second kappa shape index (κ2) is 8.76. The molecule has 1 aromatic rings. The van der Waals surface area contributed by atoms with Gasteiger partial charge in [0.05, 0.1) is 29.5 Å². The zero-order valence-corrected chi connectivity index (χ0v) is 18.4. The maximum absolute atomic E-state index is 12.8. The molecule has 0 bridgehead atoms. The first-order valence-corrected chi connectivity index (χ1v) is 12.5. The summed E-state index contributed by atoms with van der Waals surface area (Å²) in [7, 11) is -3.37. The maximum Gasteiger partial charge on any atom is 0.265 e. The third-order valence-electron chi connectivity index (χ3n) is 5.90. The fraction of sp³-hybridized carbons (Fsp3) is 0.737. The first-order chi connectivity index (χ1) is 12.8. The van der Waals surface area contributed by atoms with E-state index < -0.39 is 10.0 Å². The fourth-order valence-corrected chi connectivity index (χ4v) is 5.50. The first-order valence-electron chi connectivity index (χ1n) is 9.77. The highest BCUT2D eigenvalue weighted by Gasteiger charge is 2.33. The van der Waals surface area contributed by atoms with E-state index in [1.165, 1.54) is 19.3 Å². The smallest absolute Gasteiger partial charge is 0.265 e. The van der Waals surface area contributed by atoms with Crippen LogP contribution in [0.1, 0.15) is 57.2 Å². The van der Waals surface area contributed by atoms with E-state index in [-0.39, 0.29) is 23.7 Å². The second-order valence-electron chi connectivity index (χ2n) is 7.83. The van der Waals surface area contributed by atoms with Gasteiger partial charge in [0.25, 0.3) is 5.56 Å². The van der Waals surface area contributed by atoms with Gasteiger partial charge < -0.3 is 9.30 Å². The summed E-state index contributed by atoms with van der Waals surface area (Å²) < 4.78 is 34.8. The van der Waals surface area contributed by atoms with Crippen molar-refractivity contribution < 1.29 is 13.2 Å². The highest BCUT2D eigenvalue weighted by Crippen LogP contribution is 2.30. The molecule has 1 aromatic heterocycles. The van der Waals surface area contributed by atoms with Crippen molar-refractivity contribution in [1.82, 2.24) is 9.29 Å². The minimum Gasteiger partial charge on any atom is -0.376 e. The van der Waals surface area contributed by atoms with Crippen LogP contribution in [0, 0.1) is 5.92 Å². The van der Waals surface area contributed by atoms with Gasteiger partial charge in [0.1, 0.15) is 0 Å². The summed E-state index contributed by atoms with van der Waals surface area (Å²) in [6, 6.07) is 3.02. The van der Waals surface area contributed by atoms with Crippen molar-refractivity contribution in [3.63, 3.8) is 0 Å². The Bertz CT molecular complexity index is 815. The van der Waals surface area contributed by atoms with Crippen LogP contribution < -0.4 is 10.3 Å². The van der Waals surface area contributed by atoms with E-state index >= 15 is 0 Å². The normalized spacial score (nSPS) is 28.7. The number of pyridine rings is 1. The molecule has 0 amide bonds. The van der Waals surface area contributed by atoms with E-state index in [0.717, 1.165) is 30.7 Å². The molecule has 0 aromatic carbocycles. The Balaban J connectivity index is 1.80. The van der Waals surface area contributed by atoms with Crippen LogP contribution in [-0.2, 0) is 21.2 Å².